The molecule has 2 aromatic carbocycles. The third kappa shape index (κ3) is 2.91. The second-order valence-electron chi connectivity index (χ2n) is 3.90. The molecule has 0 aliphatic carbocycles. The molecule has 0 fully saturated rings. The highest BCUT2D eigenvalue weighted by molar-refractivity contribution is 6.31. The van der Waals surface area contributed by atoms with Gasteiger partial charge in [0.1, 0.15) is 0 Å². The first-order chi connectivity index (χ1) is 8.58. The van der Waals surface area contributed by atoms with Gasteiger partial charge in [0, 0.05) is 15.6 Å². The third-order valence-corrected chi connectivity index (χ3v) is 3.14. The smallest absolute Gasteiger partial charge is 0.184 e. The first kappa shape index (κ1) is 13.1. The summed E-state index contributed by atoms with van der Waals surface area (Å²) in [5.74, 6) is -0.144. The predicted molar refractivity (Wildman–Crippen MR) is 74.2 cm³/mol. The largest absolute Gasteiger partial charge is 0.318 e. The van der Waals surface area contributed by atoms with Gasteiger partial charge in [-0.2, -0.15) is 0 Å². The van der Waals surface area contributed by atoms with Crippen molar-refractivity contribution in [2.45, 2.75) is 6.04 Å². The molecule has 2 aromatic rings. The maximum atomic E-state index is 12.1. The molecule has 1 atom stereocenters. The van der Waals surface area contributed by atoms with E-state index >= 15 is 0 Å². The lowest BCUT2D eigenvalue weighted by Crippen LogP contribution is -2.21. The lowest BCUT2D eigenvalue weighted by Gasteiger charge is -2.11. The number of nitrogens with two attached hydrogens (primary N) is 1. The fraction of sp³-hybridized carbons (Fsp3) is 0.0714. The number of hydrogen-bond donors (Lipinski definition) is 1. The van der Waals surface area contributed by atoms with E-state index < -0.39 is 6.04 Å². The molecule has 92 valence electrons. The minimum absolute atomic E-state index is 0.144. The van der Waals surface area contributed by atoms with Gasteiger partial charge >= 0.3 is 0 Å². The van der Waals surface area contributed by atoms with Crippen LogP contribution in [0.3, 0.4) is 0 Å². The standard InChI is InChI=1S/C14H11Cl2NO/c15-11-5-1-9(2-6-11)13(17)14(18)10-3-7-12(16)8-4-10/h1-8,13H,17H2/t13-/m0/s1. The van der Waals surface area contributed by atoms with E-state index in [2.05, 4.69) is 0 Å². The Kier molecular flexibility index (Phi) is 4.02. The number of ketones is 1. The summed E-state index contributed by atoms with van der Waals surface area (Å²) in [5, 5.41) is 1.21. The van der Waals surface area contributed by atoms with E-state index in [1.165, 1.54) is 0 Å². The van der Waals surface area contributed by atoms with Gasteiger partial charge in [-0.25, -0.2) is 0 Å². The Bertz CT molecular complexity index is 549. The van der Waals surface area contributed by atoms with Crippen LogP contribution in [0.4, 0.5) is 0 Å². The Morgan fingerprint density at radius 3 is 1.83 bits per heavy atom. The van der Waals surface area contributed by atoms with Gasteiger partial charge in [0.25, 0.3) is 0 Å². The van der Waals surface area contributed by atoms with Gasteiger partial charge in [-0.05, 0) is 42.0 Å². The van der Waals surface area contributed by atoms with Crippen LogP contribution in [0.5, 0.6) is 0 Å². The average Bonchev–Trinajstić information content (AvgIpc) is 2.39. The average molecular weight is 280 g/mol. The lowest BCUT2D eigenvalue weighted by atomic mass is 9.98. The Balaban J connectivity index is 2.23. The van der Waals surface area contributed by atoms with Gasteiger partial charge in [-0.3, -0.25) is 4.79 Å². The molecular weight excluding hydrogens is 269 g/mol. The van der Waals surface area contributed by atoms with Crippen LogP contribution >= 0.6 is 23.2 Å². The van der Waals surface area contributed by atoms with Crippen LogP contribution in [0.1, 0.15) is 22.0 Å². The molecule has 0 heterocycles. The minimum Gasteiger partial charge on any atom is -0.318 e. The summed E-state index contributed by atoms with van der Waals surface area (Å²) < 4.78 is 0. The zero-order valence-electron chi connectivity index (χ0n) is 9.44. The molecule has 0 aromatic heterocycles. The molecule has 4 heteroatoms. The van der Waals surface area contributed by atoms with E-state index in [0.717, 1.165) is 5.56 Å². The fourth-order valence-electron chi connectivity index (χ4n) is 1.62. The van der Waals surface area contributed by atoms with Crippen LogP contribution in [0.2, 0.25) is 10.0 Å². The predicted octanol–water partition coefficient (Wildman–Crippen LogP) is 3.88. The molecule has 2 nitrogen and oxygen atoms in total. The summed E-state index contributed by atoms with van der Waals surface area (Å²) >= 11 is 11.6. The van der Waals surface area contributed by atoms with E-state index in [-0.39, 0.29) is 5.78 Å². The third-order valence-electron chi connectivity index (χ3n) is 2.64. The van der Waals surface area contributed by atoms with Gasteiger partial charge in [-0.1, -0.05) is 35.3 Å². The Labute approximate surface area is 115 Å². The highest BCUT2D eigenvalue weighted by Crippen LogP contribution is 2.19. The normalized spacial score (nSPS) is 12.2. The number of Topliss-reactive ketones (excluding diaryl/α,β-unsaturated/α-hetero) is 1. The van der Waals surface area contributed by atoms with E-state index in [4.69, 9.17) is 28.9 Å². The van der Waals surface area contributed by atoms with E-state index in [9.17, 15) is 4.79 Å². The van der Waals surface area contributed by atoms with Crippen LogP contribution in [0.15, 0.2) is 48.5 Å². The summed E-state index contributed by atoms with van der Waals surface area (Å²) in [7, 11) is 0. The number of carbonyl (C=O) groups excluding carboxylic acids is 1. The van der Waals surface area contributed by atoms with Crippen LogP contribution < -0.4 is 5.73 Å². The zero-order valence-corrected chi connectivity index (χ0v) is 10.9. The molecule has 0 saturated heterocycles. The van der Waals surface area contributed by atoms with Gasteiger partial charge in [0.15, 0.2) is 5.78 Å². The summed E-state index contributed by atoms with van der Waals surface area (Å²) in [6.45, 7) is 0. The van der Waals surface area contributed by atoms with E-state index in [1.54, 1.807) is 48.5 Å². The number of halogens is 2. The molecule has 0 radical (unpaired) electrons. The van der Waals surface area contributed by atoms with Crippen molar-refractivity contribution in [1.82, 2.24) is 0 Å². The van der Waals surface area contributed by atoms with Crippen molar-refractivity contribution >= 4 is 29.0 Å². The van der Waals surface area contributed by atoms with Crippen molar-refractivity contribution in [3.8, 4) is 0 Å². The van der Waals surface area contributed by atoms with Crippen LogP contribution in [-0.2, 0) is 0 Å². The topological polar surface area (TPSA) is 43.1 Å². The second kappa shape index (κ2) is 5.53. The Morgan fingerprint density at radius 1 is 0.889 bits per heavy atom. The van der Waals surface area contributed by atoms with Crippen LogP contribution in [-0.4, -0.2) is 5.78 Å². The molecule has 0 aliphatic rings. The van der Waals surface area contributed by atoms with Crippen molar-refractivity contribution in [1.29, 1.82) is 0 Å². The van der Waals surface area contributed by atoms with Crippen molar-refractivity contribution < 1.29 is 4.79 Å². The Morgan fingerprint density at radius 2 is 1.33 bits per heavy atom. The molecule has 0 aliphatic heterocycles. The monoisotopic (exact) mass is 279 g/mol. The van der Waals surface area contributed by atoms with Crippen LogP contribution in [0, 0.1) is 0 Å². The summed E-state index contributed by atoms with van der Waals surface area (Å²) in [6, 6.07) is 12.9. The molecular formula is C14H11Cl2NO. The molecule has 0 bridgehead atoms. The summed E-state index contributed by atoms with van der Waals surface area (Å²) in [6.07, 6.45) is 0. The first-order valence-electron chi connectivity index (χ1n) is 5.39. The van der Waals surface area contributed by atoms with Crippen molar-refractivity contribution in [3.63, 3.8) is 0 Å². The second-order valence-corrected chi connectivity index (χ2v) is 4.77. The molecule has 18 heavy (non-hydrogen) atoms. The molecule has 0 unspecified atom stereocenters. The minimum atomic E-state index is -0.691. The zero-order chi connectivity index (χ0) is 13.1. The summed E-state index contributed by atoms with van der Waals surface area (Å²) in [4.78, 5) is 12.1. The maximum Gasteiger partial charge on any atom is 0.184 e. The van der Waals surface area contributed by atoms with Crippen molar-refractivity contribution in [3.05, 3.63) is 69.7 Å². The van der Waals surface area contributed by atoms with Gasteiger partial charge in [0.2, 0.25) is 0 Å². The highest BCUT2D eigenvalue weighted by Gasteiger charge is 2.17. The fourth-order valence-corrected chi connectivity index (χ4v) is 1.87. The molecule has 2 N–H and O–H groups in total. The molecule has 0 saturated carbocycles. The maximum absolute atomic E-state index is 12.1. The first-order valence-corrected chi connectivity index (χ1v) is 6.14. The van der Waals surface area contributed by atoms with Crippen molar-refractivity contribution in [2.75, 3.05) is 0 Å². The van der Waals surface area contributed by atoms with Gasteiger partial charge in [0.05, 0.1) is 6.04 Å². The Hall–Kier alpha value is -1.35. The quantitative estimate of drug-likeness (QED) is 0.867. The van der Waals surface area contributed by atoms with Crippen molar-refractivity contribution in [2.24, 2.45) is 5.73 Å². The molecule has 0 spiro atoms. The molecule has 2 rings (SSSR count). The number of hydrogen-bond acceptors (Lipinski definition) is 2. The van der Waals surface area contributed by atoms with E-state index in [0.29, 0.717) is 15.6 Å². The number of carbonyl (C=O) groups is 1. The van der Waals surface area contributed by atoms with E-state index in [1.807, 2.05) is 0 Å². The van der Waals surface area contributed by atoms with Gasteiger partial charge in [-0.15, -0.1) is 0 Å². The van der Waals surface area contributed by atoms with Crippen LogP contribution in [0.25, 0.3) is 0 Å². The summed E-state index contributed by atoms with van der Waals surface area (Å²) in [5.41, 5.74) is 7.21. The molecule has 0 amide bonds. The number of benzene rings is 2. The number of rotatable bonds is 3. The highest BCUT2D eigenvalue weighted by atomic mass is 35.5. The lowest BCUT2D eigenvalue weighted by molar-refractivity contribution is 0.0961. The van der Waals surface area contributed by atoms with Gasteiger partial charge < -0.3 is 5.73 Å². The SMILES string of the molecule is N[C@H](C(=O)c1ccc(Cl)cc1)c1ccc(Cl)cc1.